The molecule has 1 heterocycles. The number of hydrogen-bond acceptors (Lipinski definition) is 2. The van der Waals surface area contributed by atoms with Gasteiger partial charge in [-0.05, 0) is 65.1 Å². The Bertz CT molecular complexity index is 437. The van der Waals surface area contributed by atoms with Crippen molar-refractivity contribution in [3.05, 3.63) is 28.5 Å². The fraction of sp³-hybridized carbons (Fsp3) is 0.706. The maximum atomic E-state index is 10.9. The molecule has 0 saturated heterocycles. The van der Waals surface area contributed by atoms with E-state index in [4.69, 9.17) is 0 Å². The molecule has 1 aromatic heterocycles. The van der Waals surface area contributed by atoms with Gasteiger partial charge in [-0.15, -0.1) is 0 Å². The summed E-state index contributed by atoms with van der Waals surface area (Å²) in [6.45, 7) is 6.95. The Balaban J connectivity index is 2.02. The van der Waals surface area contributed by atoms with Crippen molar-refractivity contribution >= 4 is 15.9 Å². The second-order valence-electron chi connectivity index (χ2n) is 7.36. The summed E-state index contributed by atoms with van der Waals surface area (Å²) in [5.41, 5.74) is 0.770. The summed E-state index contributed by atoms with van der Waals surface area (Å²) in [5, 5.41) is 10.9. The third-order valence-corrected chi connectivity index (χ3v) is 5.15. The van der Waals surface area contributed by atoms with Crippen LogP contribution in [0.15, 0.2) is 22.8 Å². The minimum atomic E-state index is -0.569. The molecule has 2 nitrogen and oxygen atoms in total. The Kier molecular flexibility index (Phi) is 4.91. The molecule has 3 heteroatoms. The van der Waals surface area contributed by atoms with Gasteiger partial charge in [0.05, 0.1) is 5.60 Å². The third kappa shape index (κ3) is 4.29. The van der Waals surface area contributed by atoms with Gasteiger partial charge in [0, 0.05) is 22.8 Å². The predicted octanol–water partition coefficient (Wildman–Crippen LogP) is 4.74. The van der Waals surface area contributed by atoms with Crippen molar-refractivity contribution in [3.8, 4) is 0 Å². The lowest BCUT2D eigenvalue weighted by Crippen LogP contribution is -2.31. The molecule has 0 amide bonds. The fourth-order valence-electron chi connectivity index (χ4n) is 3.28. The van der Waals surface area contributed by atoms with Crippen molar-refractivity contribution in [2.24, 2.45) is 11.3 Å². The van der Waals surface area contributed by atoms with Crippen molar-refractivity contribution in [3.63, 3.8) is 0 Å². The van der Waals surface area contributed by atoms with E-state index in [1.165, 1.54) is 6.42 Å². The van der Waals surface area contributed by atoms with Gasteiger partial charge in [0.15, 0.2) is 0 Å². The zero-order valence-corrected chi connectivity index (χ0v) is 14.4. The molecule has 0 aliphatic heterocycles. The monoisotopic (exact) mass is 339 g/mol. The Labute approximate surface area is 131 Å². The molecule has 1 aliphatic carbocycles. The summed E-state index contributed by atoms with van der Waals surface area (Å²) < 4.78 is 0.988. The highest BCUT2D eigenvalue weighted by Gasteiger charge is 2.35. The predicted molar refractivity (Wildman–Crippen MR) is 86.6 cm³/mol. The van der Waals surface area contributed by atoms with E-state index in [1.54, 1.807) is 0 Å². The zero-order chi connectivity index (χ0) is 14.8. The third-order valence-electron chi connectivity index (χ3n) is 4.68. The first kappa shape index (κ1) is 16.0. The smallest absolute Gasteiger partial charge is 0.0703 e. The molecule has 0 aromatic carbocycles. The van der Waals surface area contributed by atoms with Crippen molar-refractivity contribution in [2.75, 3.05) is 0 Å². The van der Waals surface area contributed by atoms with E-state index in [1.807, 2.05) is 18.3 Å². The highest BCUT2D eigenvalue weighted by atomic mass is 79.9. The quantitative estimate of drug-likeness (QED) is 0.789. The highest BCUT2D eigenvalue weighted by Crippen LogP contribution is 2.40. The first-order chi connectivity index (χ1) is 9.28. The average Bonchev–Trinajstić information content (AvgIpc) is 2.54. The van der Waals surface area contributed by atoms with E-state index in [9.17, 15) is 5.11 Å². The summed E-state index contributed by atoms with van der Waals surface area (Å²) in [7, 11) is 0. The second-order valence-corrected chi connectivity index (χ2v) is 8.28. The van der Waals surface area contributed by atoms with E-state index in [2.05, 4.69) is 41.7 Å². The van der Waals surface area contributed by atoms with Crippen LogP contribution in [-0.2, 0) is 6.42 Å². The van der Waals surface area contributed by atoms with E-state index < -0.39 is 5.60 Å². The van der Waals surface area contributed by atoms with Crippen LogP contribution < -0.4 is 0 Å². The molecule has 0 spiro atoms. The van der Waals surface area contributed by atoms with E-state index in [0.29, 0.717) is 11.8 Å². The van der Waals surface area contributed by atoms with Gasteiger partial charge in [-0.2, -0.15) is 0 Å². The van der Waals surface area contributed by atoms with Gasteiger partial charge in [-0.3, -0.25) is 4.98 Å². The van der Waals surface area contributed by atoms with Crippen LogP contribution >= 0.6 is 15.9 Å². The number of hydrogen-bond donors (Lipinski definition) is 1. The van der Waals surface area contributed by atoms with Crippen LogP contribution in [0.3, 0.4) is 0 Å². The van der Waals surface area contributed by atoms with E-state index >= 15 is 0 Å². The standard InChI is InChI=1S/C17H26BrNO/c1-16(2,3)13-5-4-9-17(20,10-8-13)11-15-7-6-14(18)12-19-15/h6-7,12-13,20H,4-5,8-11H2,1-3H3. The molecule has 2 atom stereocenters. The molecular weight excluding hydrogens is 314 g/mol. The van der Waals surface area contributed by atoms with E-state index in [0.717, 1.165) is 41.8 Å². The summed E-state index contributed by atoms with van der Waals surface area (Å²) in [6, 6.07) is 4.01. The Morgan fingerprint density at radius 3 is 2.65 bits per heavy atom. The van der Waals surface area contributed by atoms with Gasteiger partial charge in [0.25, 0.3) is 0 Å². The van der Waals surface area contributed by atoms with Crippen LogP contribution in [0.1, 0.15) is 58.6 Å². The maximum Gasteiger partial charge on any atom is 0.0703 e. The molecular formula is C17H26BrNO. The number of nitrogens with zero attached hydrogens (tertiary/aromatic N) is 1. The molecule has 1 saturated carbocycles. The van der Waals surface area contributed by atoms with Gasteiger partial charge >= 0.3 is 0 Å². The molecule has 1 N–H and O–H groups in total. The average molecular weight is 340 g/mol. The zero-order valence-electron chi connectivity index (χ0n) is 12.8. The summed E-state index contributed by atoms with van der Waals surface area (Å²) in [6.07, 6.45) is 7.76. The maximum absolute atomic E-state index is 10.9. The highest BCUT2D eigenvalue weighted by molar-refractivity contribution is 9.10. The lowest BCUT2D eigenvalue weighted by molar-refractivity contribution is 0.0216. The fourth-order valence-corrected chi connectivity index (χ4v) is 3.52. The van der Waals surface area contributed by atoms with Crippen LogP contribution in [0, 0.1) is 11.3 Å². The Morgan fingerprint density at radius 2 is 2.05 bits per heavy atom. The van der Waals surface area contributed by atoms with Crippen molar-refractivity contribution in [1.82, 2.24) is 4.98 Å². The topological polar surface area (TPSA) is 33.1 Å². The molecule has 2 rings (SSSR count). The first-order valence-corrected chi connectivity index (χ1v) is 8.41. The number of halogens is 1. The second kappa shape index (κ2) is 6.15. The van der Waals surface area contributed by atoms with Crippen LogP contribution in [0.25, 0.3) is 0 Å². The largest absolute Gasteiger partial charge is 0.389 e. The molecule has 20 heavy (non-hydrogen) atoms. The summed E-state index contributed by atoms with van der Waals surface area (Å²) in [4.78, 5) is 4.41. The Hall–Kier alpha value is -0.410. The normalized spacial score (nSPS) is 28.1. The number of rotatable bonds is 2. The van der Waals surface area contributed by atoms with Gasteiger partial charge in [0.2, 0.25) is 0 Å². The number of pyridine rings is 1. The SMILES string of the molecule is CC(C)(C)C1CCCC(O)(Cc2ccc(Br)cn2)CC1. The molecule has 2 unspecified atom stereocenters. The summed E-state index contributed by atoms with van der Waals surface area (Å²) >= 11 is 3.40. The molecule has 0 bridgehead atoms. The molecule has 1 aliphatic rings. The van der Waals surface area contributed by atoms with Crippen molar-refractivity contribution < 1.29 is 5.11 Å². The minimum Gasteiger partial charge on any atom is -0.389 e. The van der Waals surface area contributed by atoms with E-state index in [-0.39, 0.29) is 0 Å². The van der Waals surface area contributed by atoms with Gasteiger partial charge in [0.1, 0.15) is 0 Å². The lowest BCUT2D eigenvalue weighted by atomic mass is 9.76. The van der Waals surface area contributed by atoms with Crippen molar-refractivity contribution in [2.45, 2.75) is 64.9 Å². The van der Waals surface area contributed by atoms with Gasteiger partial charge < -0.3 is 5.11 Å². The molecule has 1 fully saturated rings. The Morgan fingerprint density at radius 1 is 1.30 bits per heavy atom. The minimum absolute atomic E-state index is 0.348. The number of aromatic nitrogens is 1. The number of aliphatic hydroxyl groups is 1. The molecule has 0 radical (unpaired) electrons. The van der Waals surface area contributed by atoms with Crippen LogP contribution in [0.2, 0.25) is 0 Å². The van der Waals surface area contributed by atoms with Crippen LogP contribution in [0.4, 0.5) is 0 Å². The van der Waals surface area contributed by atoms with Gasteiger partial charge in [-0.25, -0.2) is 0 Å². The van der Waals surface area contributed by atoms with Crippen LogP contribution in [0.5, 0.6) is 0 Å². The first-order valence-electron chi connectivity index (χ1n) is 7.61. The lowest BCUT2D eigenvalue weighted by Gasteiger charge is -2.31. The molecule has 112 valence electrons. The summed E-state index contributed by atoms with van der Waals surface area (Å²) in [5.74, 6) is 0.717. The van der Waals surface area contributed by atoms with Crippen LogP contribution in [-0.4, -0.2) is 15.7 Å². The van der Waals surface area contributed by atoms with Gasteiger partial charge in [-0.1, -0.05) is 27.2 Å². The van der Waals surface area contributed by atoms with Crippen molar-refractivity contribution in [1.29, 1.82) is 0 Å². The molecule has 1 aromatic rings.